The molecule has 0 unspecified atom stereocenters. The zero-order chi connectivity index (χ0) is 19.8. The van der Waals surface area contributed by atoms with E-state index < -0.39 is 11.7 Å². The van der Waals surface area contributed by atoms with Crippen LogP contribution in [0.3, 0.4) is 0 Å². The van der Waals surface area contributed by atoms with E-state index in [9.17, 15) is 18.0 Å². The third-order valence-electron chi connectivity index (χ3n) is 4.48. The number of nitrogens with zero attached hydrogens (tertiary/aromatic N) is 1. The van der Waals surface area contributed by atoms with Gasteiger partial charge in [-0.2, -0.15) is 13.2 Å². The highest BCUT2D eigenvalue weighted by Gasteiger charge is 2.30. The molecule has 6 heteroatoms. The summed E-state index contributed by atoms with van der Waals surface area (Å²) in [6, 6.07) is 14.4. The first kappa shape index (κ1) is 19.2. The van der Waals surface area contributed by atoms with Crippen LogP contribution in [0.1, 0.15) is 38.4 Å². The summed E-state index contributed by atoms with van der Waals surface area (Å²) >= 11 is 6.18. The summed E-state index contributed by atoms with van der Waals surface area (Å²) in [4.78, 5) is 12.8. The highest BCUT2D eigenvalue weighted by Crippen LogP contribution is 2.30. The normalized spacial score (nSPS) is 11.6. The molecule has 1 aromatic heterocycles. The number of rotatable bonds is 4. The van der Waals surface area contributed by atoms with Gasteiger partial charge in [0.05, 0.1) is 11.3 Å². The first-order valence-electron chi connectivity index (χ1n) is 8.20. The van der Waals surface area contributed by atoms with Crippen molar-refractivity contribution in [3.05, 3.63) is 93.3 Å². The number of aryl methyl sites for hydroxylation is 1. The Labute approximate surface area is 160 Å². The van der Waals surface area contributed by atoms with Gasteiger partial charge in [-0.3, -0.25) is 4.79 Å². The Bertz CT molecular complexity index is 988. The maximum atomic E-state index is 12.8. The molecule has 0 saturated carbocycles. The van der Waals surface area contributed by atoms with E-state index in [1.54, 1.807) is 30.7 Å². The highest BCUT2D eigenvalue weighted by atomic mass is 35.5. The van der Waals surface area contributed by atoms with E-state index in [2.05, 4.69) is 6.07 Å². The smallest absolute Gasteiger partial charge is 0.344 e. The Morgan fingerprint density at radius 3 is 2.44 bits per heavy atom. The lowest BCUT2D eigenvalue weighted by Crippen LogP contribution is -2.11. The Balaban J connectivity index is 1.92. The van der Waals surface area contributed by atoms with E-state index in [4.69, 9.17) is 11.6 Å². The number of halogens is 4. The summed E-state index contributed by atoms with van der Waals surface area (Å²) in [5.74, 6) is -0.317. The molecule has 0 aliphatic carbocycles. The number of ketones is 1. The molecule has 0 N–H and O–H groups in total. The van der Waals surface area contributed by atoms with Crippen LogP contribution in [0.5, 0.6) is 0 Å². The van der Waals surface area contributed by atoms with Crippen molar-refractivity contribution in [3.8, 4) is 0 Å². The molecule has 3 aromatic rings. The molecular weight excluding hydrogens is 375 g/mol. The van der Waals surface area contributed by atoms with Gasteiger partial charge < -0.3 is 4.57 Å². The fourth-order valence-corrected chi connectivity index (χ4v) is 3.25. The summed E-state index contributed by atoms with van der Waals surface area (Å²) in [7, 11) is 1.77. The maximum Gasteiger partial charge on any atom is 0.416 e. The standard InChI is InChI=1S/C21H16ClF3NO/c1-13-11-17(12-15-5-3-4-6-18(15)22)26(2)19(13)20(27)14-7-9-16(10-8-14)21(23,24)25/h3,5-11H,12H2,1-2H3. The van der Waals surface area contributed by atoms with Crippen molar-refractivity contribution in [1.29, 1.82) is 0 Å². The molecular formula is C21H16ClF3NO. The maximum absolute atomic E-state index is 12.8. The van der Waals surface area contributed by atoms with Gasteiger partial charge in [0.2, 0.25) is 5.78 Å². The molecule has 1 radical (unpaired) electrons. The molecule has 0 atom stereocenters. The van der Waals surface area contributed by atoms with Gasteiger partial charge in [0.15, 0.2) is 0 Å². The van der Waals surface area contributed by atoms with E-state index in [0.717, 1.165) is 29.0 Å². The van der Waals surface area contributed by atoms with Gasteiger partial charge in [0, 0.05) is 29.7 Å². The third-order valence-corrected chi connectivity index (χ3v) is 4.83. The number of hydrogen-bond donors (Lipinski definition) is 0. The van der Waals surface area contributed by atoms with Gasteiger partial charge >= 0.3 is 6.18 Å². The van der Waals surface area contributed by atoms with Crippen LogP contribution >= 0.6 is 11.6 Å². The predicted octanol–water partition coefficient (Wildman–Crippen LogP) is 5.63. The largest absolute Gasteiger partial charge is 0.416 e. The monoisotopic (exact) mass is 390 g/mol. The second kappa shape index (κ2) is 7.24. The van der Waals surface area contributed by atoms with Crippen molar-refractivity contribution in [3.63, 3.8) is 0 Å². The molecule has 27 heavy (non-hydrogen) atoms. The molecule has 2 nitrogen and oxygen atoms in total. The number of benzene rings is 2. The lowest BCUT2D eigenvalue weighted by atomic mass is 10.0. The van der Waals surface area contributed by atoms with Crippen molar-refractivity contribution in [2.45, 2.75) is 19.5 Å². The topological polar surface area (TPSA) is 22.0 Å². The minimum Gasteiger partial charge on any atom is -0.344 e. The van der Waals surface area contributed by atoms with Gasteiger partial charge in [0.25, 0.3) is 0 Å². The van der Waals surface area contributed by atoms with E-state index in [-0.39, 0.29) is 11.3 Å². The number of carbonyl (C=O) groups is 1. The molecule has 139 valence electrons. The molecule has 0 bridgehead atoms. The Hall–Kier alpha value is -2.53. The molecule has 3 rings (SSSR count). The summed E-state index contributed by atoms with van der Waals surface area (Å²) in [5.41, 5.74) is 2.44. The lowest BCUT2D eigenvalue weighted by Gasteiger charge is -2.10. The predicted molar refractivity (Wildman–Crippen MR) is 98.1 cm³/mol. The summed E-state index contributed by atoms with van der Waals surface area (Å²) < 4.78 is 39.9. The van der Waals surface area contributed by atoms with E-state index in [1.807, 2.05) is 12.1 Å². The summed E-state index contributed by atoms with van der Waals surface area (Å²) in [6.07, 6.45) is -3.90. The van der Waals surface area contributed by atoms with Crippen molar-refractivity contribution in [2.24, 2.45) is 7.05 Å². The van der Waals surface area contributed by atoms with Crippen molar-refractivity contribution in [2.75, 3.05) is 0 Å². The molecule has 0 amide bonds. The fourth-order valence-electron chi connectivity index (χ4n) is 3.05. The number of alkyl halides is 3. The Kier molecular flexibility index (Phi) is 5.16. The van der Waals surface area contributed by atoms with Crippen LogP contribution in [0.4, 0.5) is 13.2 Å². The van der Waals surface area contributed by atoms with Crippen molar-refractivity contribution < 1.29 is 18.0 Å². The minimum absolute atomic E-state index is 0.214. The van der Waals surface area contributed by atoms with Crippen LogP contribution in [0.15, 0.2) is 48.5 Å². The van der Waals surface area contributed by atoms with Crippen LogP contribution in [0.25, 0.3) is 0 Å². The number of carbonyl (C=O) groups excluding carboxylic acids is 1. The average molecular weight is 391 g/mol. The quantitative estimate of drug-likeness (QED) is 0.529. The van der Waals surface area contributed by atoms with Crippen LogP contribution in [-0.4, -0.2) is 10.4 Å². The van der Waals surface area contributed by atoms with Gasteiger partial charge in [-0.1, -0.05) is 35.9 Å². The fraction of sp³-hybridized carbons (Fsp3) is 0.190. The first-order chi connectivity index (χ1) is 12.7. The Morgan fingerprint density at radius 2 is 1.85 bits per heavy atom. The van der Waals surface area contributed by atoms with E-state index in [0.29, 0.717) is 17.1 Å². The molecule has 1 heterocycles. The highest BCUT2D eigenvalue weighted by molar-refractivity contribution is 6.31. The molecule has 0 saturated heterocycles. The molecule has 2 aromatic carbocycles. The van der Waals surface area contributed by atoms with Crippen LogP contribution in [0.2, 0.25) is 5.02 Å². The zero-order valence-electron chi connectivity index (χ0n) is 14.7. The van der Waals surface area contributed by atoms with Gasteiger partial charge in [-0.05, 0) is 48.4 Å². The van der Waals surface area contributed by atoms with Crippen molar-refractivity contribution in [1.82, 2.24) is 4.57 Å². The van der Waals surface area contributed by atoms with Gasteiger partial charge in [-0.25, -0.2) is 0 Å². The zero-order valence-corrected chi connectivity index (χ0v) is 15.4. The second-order valence-electron chi connectivity index (χ2n) is 6.32. The third kappa shape index (κ3) is 3.93. The van der Waals surface area contributed by atoms with Gasteiger partial charge in [0.1, 0.15) is 0 Å². The van der Waals surface area contributed by atoms with Gasteiger partial charge in [-0.15, -0.1) is 0 Å². The average Bonchev–Trinajstić information content (AvgIpc) is 2.89. The van der Waals surface area contributed by atoms with E-state index in [1.165, 1.54) is 12.1 Å². The summed E-state index contributed by atoms with van der Waals surface area (Å²) in [5, 5.41) is 0.590. The van der Waals surface area contributed by atoms with Crippen LogP contribution < -0.4 is 0 Å². The van der Waals surface area contributed by atoms with Crippen LogP contribution in [0, 0.1) is 13.0 Å². The van der Waals surface area contributed by atoms with E-state index >= 15 is 0 Å². The SMILES string of the molecule is Cc1cc(Cc2cc[c]cc2Cl)n(C)c1C(=O)c1ccc(C(F)(F)F)cc1. The molecule has 0 aliphatic heterocycles. The number of hydrogen-bond acceptors (Lipinski definition) is 1. The first-order valence-corrected chi connectivity index (χ1v) is 8.58. The Morgan fingerprint density at radius 1 is 1.19 bits per heavy atom. The second-order valence-corrected chi connectivity index (χ2v) is 6.73. The van der Waals surface area contributed by atoms with Crippen molar-refractivity contribution >= 4 is 17.4 Å². The molecule has 0 spiro atoms. The minimum atomic E-state index is -4.43. The molecule has 0 fully saturated rings. The van der Waals surface area contributed by atoms with Crippen LogP contribution in [-0.2, 0) is 19.6 Å². The summed E-state index contributed by atoms with van der Waals surface area (Å²) in [6.45, 7) is 1.81. The number of aromatic nitrogens is 1. The molecule has 0 aliphatic rings. The lowest BCUT2D eigenvalue weighted by molar-refractivity contribution is -0.137.